The molecule has 272 valence electrons. The molecular formula is C58H34S. The molecule has 0 unspecified atom stereocenters. The molecule has 59 heavy (non-hydrogen) atoms. The van der Waals surface area contributed by atoms with Gasteiger partial charge in [-0.25, -0.2) is 0 Å². The maximum Gasteiger partial charge on any atom is 0.0440 e. The van der Waals surface area contributed by atoms with Gasteiger partial charge in [-0.05, 0) is 121 Å². The number of rotatable bonds is 3. The van der Waals surface area contributed by atoms with Gasteiger partial charge in [-0.15, -0.1) is 11.3 Å². The van der Waals surface area contributed by atoms with Gasteiger partial charge in [0.05, 0.1) is 0 Å². The normalized spacial score (nSPS) is 12.1. The summed E-state index contributed by atoms with van der Waals surface area (Å²) >= 11 is 1.93. The molecule has 0 nitrogen and oxygen atoms in total. The van der Waals surface area contributed by atoms with Crippen molar-refractivity contribution in [2.24, 2.45) is 0 Å². The molecule has 1 heterocycles. The molecule has 0 amide bonds. The quantitative estimate of drug-likeness (QED) is 0.157. The molecule has 0 spiro atoms. The first-order valence-electron chi connectivity index (χ1n) is 20.4. The molecule has 0 N–H and O–H groups in total. The SMILES string of the molecule is c1ccc(-c2c(-c3cc4c5ccccc5c5ccccc5c4c4ccccc34)sc3cc(-c4cc5c6ccccc6c6ccccc6c5c5ccccc45)ccc23)cc1. The van der Waals surface area contributed by atoms with Crippen molar-refractivity contribution in [3.63, 3.8) is 0 Å². The van der Waals surface area contributed by atoms with E-state index in [1.807, 2.05) is 11.3 Å². The van der Waals surface area contributed by atoms with Crippen LogP contribution in [-0.4, -0.2) is 0 Å². The highest BCUT2D eigenvalue weighted by Crippen LogP contribution is 2.51. The van der Waals surface area contributed by atoms with Gasteiger partial charge in [0.1, 0.15) is 0 Å². The standard InChI is InChI=1S/C58H34S/c1-2-16-35(17-3-1)55-49-31-30-36(50-33-51-41-22-6-4-18-37(41)39-20-8-12-26-45(39)56(51)47-28-14-10-24-43(47)50)32-54(49)59-58(55)53-34-52-42-23-7-5-19-38(42)40-21-9-13-27-46(40)57(52)48-29-15-11-25-44(48)53/h1-34H. The summed E-state index contributed by atoms with van der Waals surface area (Å²) in [6.45, 7) is 0. The lowest BCUT2D eigenvalue weighted by atomic mass is 9.87. The number of fused-ring (bicyclic) bond motifs is 17. The zero-order chi connectivity index (χ0) is 38.6. The summed E-state index contributed by atoms with van der Waals surface area (Å²) in [4.78, 5) is 1.31. The van der Waals surface area contributed by atoms with Gasteiger partial charge in [-0.2, -0.15) is 0 Å². The number of hydrogen-bond acceptors (Lipinski definition) is 1. The molecule has 1 heteroatoms. The maximum absolute atomic E-state index is 2.50. The largest absolute Gasteiger partial charge is 0.134 e. The zero-order valence-electron chi connectivity index (χ0n) is 32.0. The third kappa shape index (κ3) is 4.71. The van der Waals surface area contributed by atoms with Crippen LogP contribution in [0.5, 0.6) is 0 Å². The Morgan fingerprint density at radius 1 is 0.237 bits per heavy atom. The fraction of sp³-hybridized carbons (Fsp3) is 0. The highest BCUT2D eigenvalue weighted by atomic mass is 32.1. The fourth-order valence-corrected chi connectivity index (χ4v) is 11.6. The Hall–Kier alpha value is -7.32. The van der Waals surface area contributed by atoms with Crippen molar-refractivity contribution in [3.05, 3.63) is 206 Å². The molecule has 0 aliphatic rings. The van der Waals surface area contributed by atoms with Gasteiger partial charge in [0.15, 0.2) is 0 Å². The maximum atomic E-state index is 2.50. The van der Waals surface area contributed by atoms with E-state index in [1.54, 1.807) is 0 Å². The van der Waals surface area contributed by atoms with Crippen molar-refractivity contribution in [1.82, 2.24) is 0 Å². The van der Waals surface area contributed by atoms with Crippen molar-refractivity contribution in [2.45, 2.75) is 0 Å². The van der Waals surface area contributed by atoms with Crippen molar-refractivity contribution in [3.8, 4) is 32.7 Å². The van der Waals surface area contributed by atoms with E-state index < -0.39 is 0 Å². The molecular weight excluding hydrogens is 729 g/mol. The first-order chi connectivity index (χ1) is 29.3. The highest BCUT2D eigenvalue weighted by molar-refractivity contribution is 7.23. The molecule has 0 aliphatic carbocycles. The van der Waals surface area contributed by atoms with Crippen molar-refractivity contribution >= 4 is 108 Å². The van der Waals surface area contributed by atoms with Gasteiger partial charge >= 0.3 is 0 Å². The Bertz CT molecular complexity index is 3890. The molecule has 13 rings (SSSR count). The monoisotopic (exact) mass is 762 g/mol. The van der Waals surface area contributed by atoms with Crippen LogP contribution in [0.4, 0.5) is 0 Å². The van der Waals surface area contributed by atoms with E-state index in [1.165, 1.54) is 129 Å². The van der Waals surface area contributed by atoms with Crippen LogP contribution in [0.25, 0.3) is 129 Å². The van der Waals surface area contributed by atoms with Crippen molar-refractivity contribution < 1.29 is 0 Å². The fourth-order valence-electron chi connectivity index (χ4n) is 10.3. The zero-order valence-corrected chi connectivity index (χ0v) is 32.9. The van der Waals surface area contributed by atoms with E-state index >= 15 is 0 Å². The van der Waals surface area contributed by atoms with E-state index in [4.69, 9.17) is 0 Å². The molecule has 0 atom stereocenters. The van der Waals surface area contributed by atoms with E-state index in [2.05, 4.69) is 206 Å². The van der Waals surface area contributed by atoms with Crippen LogP contribution < -0.4 is 0 Å². The highest BCUT2D eigenvalue weighted by Gasteiger charge is 2.22. The Balaban J connectivity index is 1.12. The minimum atomic E-state index is 1.24. The van der Waals surface area contributed by atoms with Gasteiger partial charge in [-0.3, -0.25) is 0 Å². The van der Waals surface area contributed by atoms with Crippen molar-refractivity contribution in [2.75, 3.05) is 0 Å². The number of thiophene rings is 1. The van der Waals surface area contributed by atoms with Crippen LogP contribution in [0.1, 0.15) is 0 Å². The van der Waals surface area contributed by atoms with E-state index in [-0.39, 0.29) is 0 Å². The molecule has 0 saturated heterocycles. The van der Waals surface area contributed by atoms with Crippen LogP contribution in [0, 0.1) is 0 Å². The van der Waals surface area contributed by atoms with Crippen LogP contribution in [0.15, 0.2) is 206 Å². The number of hydrogen-bond donors (Lipinski definition) is 0. The molecule has 0 fully saturated rings. The van der Waals surface area contributed by atoms with Crippen LogP contribution in [0.2, 0.25) is 0 Å². The Morgan fingerprint density at radius 2 is 0.610 bits per heavy atom. The predicted octanol–water partition coefficient (Wildman–Crippen LogP) is 17.1. The smallest absolute Gasteiger partial charge is 0.0440 e. The molecule has 0 bridgehead atoms. The minimum absolute atomic E-state index is 1.24. The Labute approximate surface area is 344 Å². The Morgan fingerprint density at radius 3 is 1.12 bits per heavy atom. The first kappa shape index (κ1) is 32.7. The molecule has 0 aliphatic heterocycles. The summed E-state index contributed by atoms with van der Waals surface area (Å²) in [5, 5.41) is 22.1. The summed E-state index contributed by atoms with van der Waals surface area (Å²) in [5.74, 6) is 0. The lowest BCUT2D eigenvalue weighted by Gasteiger charge is -2.16. The second-order valence-corrected chi connectivity index (χ2v) is 16.9. The summed E-state index contributed by atoms with van der Waals surface area (Å²) in [5.41, 5.74) is 6.32. The molecule has 0 radical (unpaired) electrons. The van der Waals surface area contributed by atoms with Crippen LogP contribution in [-0.2, 0) is 0 Å². The summed E-state index contributed by atoms with van der Waals surface area (Å²) in [6.07, 6.45) is 0. The Kier molecular flexibility index (Phi) is 6.98. The minimum Gasteiger partial charge on any atom is -0.134 e. The van der Waals surface area contributed by atoms with Gasteiger partial charge < -0.3 is 0 Å². The van der Waals surface area contributed by atoms with E-state index in [0.717, 1.165) is 0 Å². The lowest BCUT2D eigenvalue weighted by Crippen LogP contribution is -1.89. The van der Waals surface area contributed by atoms with Gasteiger partial charge in [0.2, 0.25) is 0 Å². The average molecular weight is 763 g/mol. The summed E-state index contributed by atoms with van der Waals surface area (Å²) in [6, 6.07) is 76.9. The second kappa shape index (κ2) is 12.6. The molecule has 0 saturated carbocycles. The van der Waals surface area contributed by atoms with Gasteiger partial charge in [-0.1, -0.05) is 188 Å². The molecule has 12 aromatic carbocycles. The average Bonchev–Trinajstić information content (AvgIpc) is 3.70. The summed E-state index contributed by atoms with van der Waals surface area (Å²) in [7, 11) is 0. The van der Waals surface area contributed by atoms with Crippen molar-refractivity contribution in [1.29, 1.82) is 0 Å². The van der Waals surface area contributed by atoms with Gasteiger partial charge in [0.25, 0.3) is 0 Å². The summed E-state index contributed by atoms with van der Waals surface area (Å²) < 4.78 is 1.29. The topological polar surface area (TPSA) is 0 Å². The lowest BCUT2D eigenvalue weighted by molar-refractivity contribution is 1.68. The third-order valence-corrected chi connectivity index (χ3v) is 14.0. The number of benzene rings is 12. The molecule has 13 aromatic rings. The molecule has 1 aromatic heterocycles. The second-order valence-electron chi connectivity index (χ2n) is 15.9. The van der Waals surface area contributed by atoms with Gasteiger partial charge in [0, 0.05) is 26.1 Å². The van der Waals surface area contributed by atoms with E-state index in [9.17, 15) is 0 Å². The van der Waals surface area contributed by atoms with E-state index in [0.29, 0.717) is 0 Å². The predicted molar refractivity (Wildman–Crippen MR) is 258 cm³/mol. The first-order valence-corrected chi connectivity index (χ1v) is 21.2. The van der Waals surface area contributed by atoms with Crippen LogP contribution in [0.3, 0.4) is 0 Å². The third-order valence-electron chi connectivity index (χ3n) is 12.8. The van der Waals surface area contributed by atoms with Crippen LogP contribution >= 0.6 is 11.3 Å².